The van der Waals surface area contributed by atoms with Crippen LogP contribution in [0.15, 0.2) is 60.0 Å². The number of benzene rings is 2. The molecule has 0 bridgehead atoms. The highest BCUT2D eigenvalue weighted by Gasteiger charge is 2.27. The molecule has 0 radical (unpaired) electrons. The second-order valence-corrected chi connectivity index (χ2v) is 8.28. The molecule has 1 heterocycles. The van der Waals surface area contributed by atoms with Crippen molar-refractivity contribution in [2.45, 2.75) is 0 Å². The summed E-state index contributed by atoms with van der Waals surface area (Å²) in [5.41, 5.74) is 1.33. The highest BCUT2D eigenvalue weighted by atomic mass is 32.2. The number of hydrogen-bond donors (Lipinski definition) is 0. The van der Waals surface area contributed by atoms with Crippen LogP contribution in [0.1, 0.15) is 11.1 Å². The van der Waals surface area contributed by atoms with Gasteiger partial charge in [0.15, 0.2) is 6.61 Å². The van der Waals surface area contributed by atoms with E-state index in [-0.39, 0.29) is 25.6 Å². The molecule has 1 aliphatic rings. The number of carbonyl (C=O) groups excluding carboxylic acids is 1. The molecule has 1 amide bonds. The van der Waals surface area contributed by atoms with Gasteiger partial charge >= 0.3 is 0 Å². The van der Waals surface area contributed by atoms with Crippen LogP contribution in [0.4, 0.5) is 0 Å². The highest BCUT2D eigenvalue weighted by molar-refractivity contribution is 7.92. The maximum absolute atomic E-state index is 12.5. The van der Waals surface area contributed by atoms with Gasteiger partial charge < -0.3 is 9.64 Å². The third-order valence-corrected chi connectivity index (χ3v) is 6.09. The Bertz CT molecular complexity index is 1000. The van der Waals surface area contributed by atoms with Crippen LogP contribution < -0.4 is 4.74 Å². The fraction of sp³-hybridized carbons (Fsp3) is 0.238. The van der Waals surface area contributed by atoms with Crippen LogP contribution in [-0.4, -0.2) is 56.3 Å². The minimum absolute atomic E-state index is 0.132. The highest BCUT2D eigenvalue weighted by Crippen LogP contribution is 2.14. The second kappa shape index (κ2) is 9.37. The standard InChI is InChI=1S/C21H21N3O4S/c22-16-19-6-8-20(9-7-19)28-17-21(25)23-11-13-24(14-12-23)29(26,27)15-10-18-4-2-1-3-5-18/h1-10,15H,11-14,17H2/b15-10+. The van der Waals surface area contributed by atoms with Gasteiger partial charge in [-0.25, -0.2) is 8.42 Å². The smallest absolute Gasteiger partial charge is 0.260 e. The average molecular weight is 411 g/mol. The van der Waals surface area contributed by atoms with Crippen molar-refractivity contribution in [2.24, 2.45) is 0 Å². The molecule has 1 saturated heterocycles. The van der Waals surface area contributed by atoms with E-state index in [4.69, 9.17) is 10.00 Å². The maximum atomic E-state index is 12.5. The summed E-state index contributed by atoms with van der Waals surface area (Å²) in [5.74, 6) is 0.302. The van der Waals surface area contributed by atoms with Crippen molar-refractivity contribution in [1.29, 1.82) is 5.26 Å². The molecule has 1 aliphatic heterocycles. The van der Waals surface area contributed by atoms with Crippen LogP contribution in [0.5, 0.6) is 5.75 Å². The number of carbonyl (C=O) groups is 1. The zero-order valence-corrected chi connectivity index (χ0v) is 16.6. The Morgan fingerprint density at radius 3 is 2.31 bits per heavy atom. The van der Waals surface area contributed by atoms with E-state index in [0.29, 0.717) is 24.4 Å². The summed E-state index contributed by atoms with van der Waals surface area (Å²) in [7, 11) is -3.54. The fourth-order valence-corrected chi connectivity index (χ4v) is 4.04. The Balaban J connectivity index is 1.49. The van der Waals surface area contributed by atoms with E-state index < -0.39 is 10.0 Å². The Morgan fingerprint density at radius 2 is 1.69 bits per heavy atom. The summed E-state index contributed by atoms with van der Waals surface area (Å²) >= 11 is 0. The van der Waals surface area contributed by atoms with E-state index >= 15 is 0 Å². The number of hydrogen-bond acceptors (Lipinski definition) is 5. The third kappa shape index (κ3) is 5.67. The molecule has 150 valence electrons. The molecule has 0 unspecified atom stereocenters. The largest absolute Gasteiger partial charge is 0.484 e. The van der Waals surface area contributed by atoms with Crippen molar-refractivity contribution in [2.75, 3.05) is 32.8 Å². The summed E-state index contributed by atoms with van der Waals surface area (Å²) in [6.07, 6.45) is 1.57. The van der Waals surface area contributed by atoms with Gasteiger partial charge in [-0.1, -0.05) is 30.3 Å². The van der Waals surface area contributed by atoms with Gasteiger partial charge in [-0.15, -0.1) is 0 Å². The molecule has 3 rings (SSSR count). The van der Waals surface area contributed by atoms with E-state index in [9.17, 15) is 13.2 Å². The molecule has 8 heteroatoms. The Kier molecular flexibility index (Phi) is 6.65. The molecule has 2 aromatic rings. The summed E-state index contributed by atoms with van der Waals surface area (Å²) in [5, 5.41) is 9.99. The second-order valence-electron chi connectivity index (χ2n) is 6.46. The molecule has 0 saturated carbocycles. The van der Waals surface area contributed by atoms with Gasteiger partial charge in [0.1, 0.15) is 5.75 Å². The summed E-state index contributed by atoms with van der Waals surface area (Å²) in [6, 6.07) is 17.7. The van der Waals surface area contributed by atoms with Crippen molar-refractivity contribution < 1.29 is 17.9 Å². The number of rotatable bonds is 6. The maximum Gasteiger partial charge on any atom is 0.260 e. The molecule has 29 heavy (non-hydrogen) atoms. The molecule has 0 spiro atoms. The molecule has 2 aromatic carbocycles. The van der Waals surface area contributed by atoms with Crippen LogP contribution in [0.25, 0.3) is 6.08 Å². The van der Waals surface area contributed by atoms with Gasteiger partial charge in [0.05, 0.1) is 11.6 Å². The number of piperazine rings is 1. The predicted octanol–water partition coefficient (Wildman–Crippen LogP) is 2.08. The molecule has 0 N–H and O–H groups in total. The minimum atomic E-state index is -3.54. The molecule has 0 atom stereocenters. The van der Waals surface area contributed by atoms with Crippen molar-refractivity contribution in [3.8, 4) is 11.8 Å². The zero-order valence-electron chi connectivity index (χ0n) is 15.8. The molecule has 1 fully saturated rings. The van der Waals surface area contributed by atoms with E-state index in [2.05, 4.69) is 0 Å². The number of nitriles is 1. The number of nitrogens with zero attached hydrogens (tertiary/aromatic N) is 3. The fourth-order valence-electron chi connectivity index (χ4n) is 2.87. The number of sulfonamides is 1. The predicted molar refractivity (Wildman–Crippen MR) is 109 cm³/mol. The first-order valence-electron chi connectivity index (χ1n) is 9.12. The topological polar surface area (TPSA) is 90.7 Å². The first-order chi connectivity index (χ1) is 14.0. The van der Waals surface area contributed by atoms with Gasteiger partial charge in [-0.2, -0.15) is 9.57 Å². The minimum Gasteiger partial charge on any atom is -0.484 e. The average Bonchev–Trinajstić information content (AvgIpc) is 2.77. The number of amides is 1. The van der Waals surface area contributed by atoms with Gasteiger partial charge in [0.2, 0.25) is 10.0 Å². The normalized spacial score (nSPS) is 15.2. The van der Waals surface area contributed by atoms with Crippen LogP contribution in [-0.2, 0) is 14.8 Å². The monoisotopic (exact) mass is 411 g/mol. The Hall–Kier alpha value is -3.15. The molecular weight excluding hydrogens is 390 g/mol. The Morgan fingerprint density at radius 1 is 1.03 bits per heavy atom. The van der Waals surface area contributed by atoms with Crippen LogP contribution in [0, 0.1) is 11.3 Å². The first kappa shape index (κ1) is 20.6. The zero-order chi connectivity index (χ0) is 20.7. The van der Waals surface area contributed by atoms with E-state index in [1.165, 1.54) is 9.71 Å². The lowest BCUT2D eigenvalue weighted by Gasteiger charge is -2.33. The van der Waals surface area contributed by atoms with Crippen molar-refractivity contribution in [3.05, 3.63) is 71.1 Å². The molecule has 7 nitrogen and oxygen atoms in total. The van der Waals surface area contributed by atoms with Gasteiger partial charge in [-0.3, -0.25) is 4.79 Å². The summed E-state index contributed by atoms with van der Waals surface area (Å²) < 4.78 is 31.8. The van der Waals surface area contributed by atoms with Gasteiger partial charge in [0, 0.05) is 31.6 Å². The van der Waals surface area contributed by atoms with Crippen LogP contribution in [0.3, 0.4) is 0 Å². The lowest BCUT2D eigenvalue weighted by molar-refractivity contribution is -0.134. The van der Waals surface area contributed by atoms with E-state index in [1.54, 1.807) is 35.2 Å². The third-order valence-electron chi connectivity index (χ3n) is 4.53. The van der Waals surface area contributed by atoms with E-state index in [0.717, 1.165) is 5.56 Å². The van der Waals surface area contributed by atoms with E-state index in [1.807, 2.05) is 36.4 Å². The molecule has 0 aliphatic carbocycles. The lowest BCUT2D eigenvalue weighted by Crippen LogP contribution is -2.51. The quantitative estimate of drug-likeness (QED) is 0.726. The van der Waals surface area contributed by atoms with Gasteiger partial charge in [-0.05, 0) is 35.9 Å². The molecule has 0 aromatic heterocycles. The van der Waals surface area contributed by atoms with Gasteiger partial charge in [0.25, 0.3) is 5.91 Å². The van der Waals surface area contributed by atoms with Crippen molar-refractivity contribution >= 4 is 22.0 Å². The van der Waals surface area contributed by atoms with Crippen LogP contribution in [0.2, 0.25) is 0 Å². The SMILES string of the molecule is N#Cc1ccc(OCC(=O)N2CCN(S(=O)(=O)/C=C/c3ccccc3)CC2)cc1. The summed E-state index contributed by atoms with van der Waals surface area (Å²) in [4.78, 5) is 13.9. The first-order valence-corrected chi connectivity index (χ1v) is 10.6. The Labute approximate surface area is 170 Å². The lowest BCUT2D eigenvalue weighted by atomic mass is 10.2. The summed E-state index contributed by atoms with van der Waals surface area (Å²) in [6.45, 7) is 0.975. The molecular formula is C21H21N3O4S. The number of ether oxygens (including phenoxy) is 1. The van der Waals surface area contributed by atoms with Crippen LogP contribution >= 0.6 is 0 Å². The van der Waals surface area contributed by atoms with Crippen molar-refractivity contribution in [3.63, 3.8) is 0 Å². The van der Waals surface area contributed by atoms with Crippen molar-refractivity contribution in [1.82, 2.24) is 9.21 Å².